The Bertz CT molecular complexity index is 290. The summed E-state index contributed by atoms with van der Waals surface area (Å²) in [6.07, 6.45) is 0. The summed E-state index contributed by atoms with van der Waals surface area (Å²) in [4.78, 5) is 2.15. The Morgan fingerprint density at radius 2 is 1.50 bits per heavy atom. The second-order valence-corrected chi connectivity index (χ2v) is 4.40. The van der Waals surface area contributed by atoms with Crippen LogP contribution in [0.3, 0.4) is 0 Å². The molecular weight excluding hydrogens is 279 g/mol. The first-order valence-corrected chi connectivity index (χ1v) is 4.51. The van der Waals surface area contributed by atoms with Crippen molar-refractivity contribution in [3.8, 4) is 0 Å². The molecule has 3 heteroatoms. The van der Waals surface area contributed by atoms with Crippen LogP contribution in [0.15, 0.2) is 24.3 Å². The van der Waals surface area contributed by atoms with E-state index in [9.17, 15) is 0 Å². The van der Waals surface area contributed by atoms with Gasteiger partial charge in [0.05, 0.1) is 26.8 Å². The van der Waals surface area contributed by atoms with Crippen LogP contribution in [-0.4, -0.2) is 59.1 Å². The van der Waals surface area contributed by atoms with Crippen molar-refractivity contribution >= 4 is 35.3 Å². The van der Waals surface area contributed by atoms with Crippen LogP contribution in [0.25, 0.3) is 0 Å². The third kappa shape index (κ3) is 3.17. The number of para-hydroxylation sites is 2. The molecule has 0 atom stereocenters. The molecule has 0 spiro atoms. The molecule has 4 radical (unpaired) electrons. The smallest absolute Gasteiger partial charge is 0.155 e. The summed E-state index contributed by atoms with van der Waals surface area (Å²) in [6.45, 7) is 0. The molecule has 0 fully saturated rings. The van der Waals surface area contributed by atoms with E-state index < -0.39 is 0 Å². The van der Waals surface area contributed by atoms with Crippen LogP contribution in [0.2, 0.25) is 0 Å². The van der Waals surface area contributed by atoms with Crippen molar-refractivity contribution in [1.82, 2.24) is 4.48 Å². The van der Waals surface area contributed by atoms with Gasteiger partial charge in [0.1, 0.15) is 0 Å². The maximum Gasteiger partial charge on any atom is 0.155 e. The molecule has 0 aliphatic carbocycles. The van der Waals surface area contributed by atoms with E-state index in [0.29, 0.717) is 0 Å². The Hall–Kier alpha value is -0.221. The van der Waals surface area contributed by atoms with E-state index in [1.54, 1.807) is 0 Å². The summed E-state index contributed by atoms with van der Waals surface area (Å²) in [7, 11) is 10.7. The Labute approximate surface area is 104 Å². The van der Waals surface area contributed by atoms with Crippen molar-refractivity contribution < 1.29 is 0 Å². The second kappa shape index (κ2) is 5.03. The maximum atomic E-state index is 2.18. The van der Waals surface area contributed by atoms with E-state index in [-0.39, 0.29) is 23.9 Å². The SMILES string of the molecule is CN(C)c1ccccc1[N+](C)(C)C.[Sn]. The molecule has 0 heterocycles. The Morgan fingerprint density at radius 1 is 1.00 bits per heavy atom. The minimum atomic E-state index is 0. The first kappa shape index (κ1) is 13.8. The minimum Gasteiger partial charge on any atom is -0.373 e. The van der Waals surface area contributed by atoms with E-state index >= 15 is 0 Å². The number of hydrogen-bond donors (Lipinski definition) is 0. The molecule has 2 nitrogen and oxygen atoms in total. The monoisotopic (exact) mass is 299 g/mol. The van der Waals surface area contributed by atoms with Crippen LogP contribution in [0.4, 0.5) is 11.4 Å². The molecule has 0 bridgehead atoms. The van der Waals surface area contributed by atoms with Crippen LogP contribution in [-0.2, 0) is 0 Å². The molecule has 0 saturated carbocycles. The maximum absolute atomic E-state index is 2.18. The van der Waals surface area contributed by atoms with Gasteiger partial charge in [-0.1, -0.05) is 12.1 Å². The van der Waals surface area contributed by atoms with Gasteiger partial charge in [0, 0.05) is 44.1 Å². The Morgan fingerprint density at radius 3 is 1.86 bits per heavy atom. The van der Waals surface area contributed by atoms with Crippen molar-refractivity contribution in [2.45, 2.75) is 0 Å². The fraction of sp³-hybridized carbons (Fsp3) is 0.455. The van der Waals surface area contributed by atoms with Gasteiger partial charge < -0.3 is 4.90 Å². The van der Waals surface area contributed by atoms with Gasteiger partial charge in [0.25, 0.3) is 0 Å². The number of quaternary nitrogens is 1. The van der Waals surface area contributed by atoms with Gasteiger partial charge in [-0.2, -0.15) is 0 Å². The normalized spacial score (nSPS) is 10.6. The van der Waals surface area contributed by atoms with E-state index in [4.69, 9.17) is 0 Å². The zero-order valence-electron chi connectivity index (χ0n) is 9.70. The largest absolute Gasteiger partial charge is 0.373 e. The van der Waals surface area contributed by atoms with Crippen LogP contribution in [0.5, 0.6) is 0 Å². The third-order valence-electron chi connectivity index (χ3n) is 2.09. The van der Waals surface area contributed by atoms with Gasteiger partial charge in [0.15, 0.2) is 5.69 Å². The predicted molar refractivity (Wildman–Crippen MR) is 66.1 cm³/mol. The average Bonchev–Trinajstić information content (AvgIpc) is 2.03. The quantitative estimate of drug-likeness (QED) is 0.592. The molecule has 0 N–H and O–H groups in total. The summed E-state index contributed by atoms with van der Waals surface area (Å²) in [6, 6.07) is 8.49. The van der Waals surface area contributed by atoms with Crippen LogP contribution in [0, 0.1) is 0 Å². The van der Waals surface area contributed by atoms with Crippen molar-refractivity contribution in [3.63, 3.8) is 0 Å². The van der Waals surface area contributed by atoms with E-state index in [0.717, 1.165) is 4.48 Å². The van der Waals surface area contributed by atoms with Gasteiger partial charge in [-0.25, -0.2) is 0 Å². The predicted octanol–water partition coefficient (Wildman–Crippen LogP) is 1.57. The van der Waals surface area contributed by atoms with Gasteiger partial charge in [-0.15, -0.1) is 0 Å². The number of rotatable bonds is 2. The fourth-order valence-corrected chi connectivity index (χ4v) is 1.41. The molecular formula is C11H19N2Sn+. The zero-order chi connectivity index (χ0) is 10.1. The summed E-state index contributed by atoms with van der Waals surface area (Å²) >= 11 is 0. The molecule has 0 amide bonds. The number of benzene rings is 1. The van der Waals surface area contributed by atoms with Crippen molar-refractivity contribution in [3.05, 3.63) is 24.3 Å². The Balaban J connectivity index is 0.00000169. The molecule has 0 saturated heterocycles. The molecule has 1 aromatic rings. The molecule has 0 unspecified atom stereocenters. The van der Waals surface area contributed by atoms with Crippen molar-refractivity contribution in [2.24, 2.45) is 0 Å². The van der Waals surface area contributed by atoms with E-state index in [2.05, 4.69) is 64.4 Å². The topological polar surface area (TPSA) is 3.24 Å². The van der Waals surface area contributed by atoms with E-state index in [1.165, 1.54) is 11.4 Å². The standard InChI is InChI=1S/C11H19N2.Sn/c1-12(2)10-8-6-7-9-11(10)13(3,4)5;/h6-9H,1-5H3;/q+1;. The summed E-state index contributed by atoms with van der Waals surface area (Å²) in [5, 5.41) is 0. The van der Waals surface area contributed by atoms with Crippen LogP contribution < -0.4 is 9.38 Å². The first-order valence-electron chi connectivity index (χ1n) is 4.51. The summed E-state index contributed by atoms with van der Waals surface area (Å²) in [5.74, 6) is 0. The van der Waals surface area contributed by atoms with Crippen molar-refractivity contribution in [2.75, 3.05) is 40.1 Å². The molecule has 0 aliphatic rings. The van der Waals surface area contributed by atoms with Gasteiger partial charge in [0.2, 0.25) is 0 Å². The summed E-state index contributed by atoms with van der Waals surface area (Å²) < 4.78 is 0.856. The van der Waals surface area contributed by atoms with Crippen molar-refractivity contribution in [1.29, 1.82) is 0 Å². The molecule has 76 valence electrons. The zero-order valence-corrected chi connectivity index (χ0v) is 12.6. The second-order valence-electron chi connectivity index (χ2n) is 4.40. The minimum absolute atomic E-state index is 0. The van der Waals surface area contributed by atoms with Gasteiger partial charge in [-0.05, 0) is 6.07 Å². The average molecular weight is 298 g/mol. The number of hydrogen-bond acceptors (Lipinski definition) is 1. The molecule has 0 aliphatic heterocycles. The Kier molecular flexibility index (Phi) is 4.95. The van der Waals surface area contributed by atoms with Gasteiger partial charge in [-0.3, -0.25) is 4.48 Å². The molecule has 0 aromatic heterocycles. The van der Waals surface area contributed by atoms with Gasteiger partial charge >= 0.3 is 0 Å². The van der Waals surface area contributed by atoms with E-state index in [1.807, 2.05) is 0 Å². The first-order chi connectivity index (χ1) is 5.93. The molecule has 1 rings (SSSR count). The van der Waals surface area contributed by atoms with Crippen LogP contribution in [0.1, 0.15) is 0 Å². The fourth-order valence-electron chi connectivity index (χ4n) is 1.41. The van der Waals surface area contributed by atoms with Crippen LogP contribution >= 0.6 is 0 Å². The number of nitrogens with zero attached hydrogens (tertiary/aromatic N) is 2. The number of anilines is 1. The molecule has 1 aromatic carbocycles. The molecule has 14 heavy (non-hydrogen) atoms. The third-order valence-corrected chi connectivity index (χ3v) is 2.09. The summed E-state index contributed by atoms with van der Waals surface area (Å²) in [5.41, 5.74) is 2.63.